The molecule has 3 heteroatoms. The molecule has 0 spiro atoms. The van der Waals surface area contributed by atoms with Crippen LogP contribution < -0.4 is 10.2 Å². The zero-order chi connectivity index (χ0) is 13.9. The van der Waals surface area contributed by atoms with Crippen molar-refractivity contribution in [3.8, 4) is 0 Å². The highest BCUT2D eigenvalue weighted by Crippen LogP contribution is 2.21. The van der Waals surface area contributed by atoms with Gasteiger partial charge in [-0.25, -0.2) is 0 Å². The standard InChI is InChI=1S/C17H18N2O/c1-13-5-4-7-15(11-13)19-10-9-18-12-14-6-2-3-8-16(14)17(19)20/h2-8,11,18H,9-10,12H2,1H3. The van der Waals surface area contributed by atoms with Gasteiger partial charge in [0.05, 0.1) is 0 Å². The number of nitrogens with zero attached hydrogens (tertiary/aromatic N) is 1. The molecule has 0 saturated heterocycles. The van der Waals surface area contributed by atoms with Gasteiger partial charge >= 0.3 is 0 Å². The Morgan fingerprint density at radius 3 is 2.80 bits per heavy atom. The number of hydrogen-bond acceptors (Lipinski definition) is 2. The third-order valence-corrected chi connectivity index (χ3v) is 3.63. The predicted octanol–water partition coefficient (Wildman–Crippen LogP) is 2.75. The first kappa shape index (κ1) is 12.9. The van der Waals surface area contributed by atoms with E-state index in [4.69, 9.17) is 0 Å². The lowest BCUT2D eigenvalue weighted by Gasteiger charge is -2.27. The summed E-state index contributed by atoms with van der Waals surface area (Å²) in [4.78, 5) is 14.7. The minimum absolute atomic E-state index is 0.0905. The zero-order valence-electron chi connectivity index (χ0n) is 11.6. The Kier molecular flexibility index (Phi) is 3.52. The molecule has 0 aromatic heterocycles. The van der Waals surface area contributed by atoms with Crippen LogP contribution in [0.15, 0.2) is 48.5 Å². The second kappa shape index (κ2) is 5.47. The second-order valence-electron chi connectivity index (χ2n) is 5.13. The Balaban J connectivity index is 2.02. The Labute approximate surface area is 119 Å². The van der Waals surface area contributed by atoms with Crippen LogP contribution in [-0.2, 0) is 6.54 Å². The first-order chi connectivity index (χ1) is 9.75. The van der Waals surface area contributed by atoms with Crippen LogP contribution in [0.4, 0.5) is 5.69 Å². The van der Waals surface area contributed by atoms with E-state index in [2.05, 4.69) is 11.4 Å². The molecule has 20 heavy (non-hydrogen) atoms. The molecule has 0 unspecified atom stereocenters. The van der Waals surface area contributed by atoms with E-state index in [0.29, 0.717) is 6.54 Å². The maximum atomic E-state index is 12.8. The normalized spacial score (nSPS) is 15.4. The zero-order valence-corrected chi connectivity index (χ0v) is 11.6. The molecule has 0 saturated carbocycles. The summed E-state index contributed by atoms with van der Waals surface area (Å²) < 4.78 is 0. The van der Waals surface area contributed by atoms with Gasteiger partial charge in [0.1, 0.15) is 0 Å². The van der Waals surface area contributed by atoms with Gasteiger partial charge in [-0.1, -0.05) is 30.3 Å². The van der Waals surface area contributed by atoms with Gasteiger partial charge < -0.3 is 10.2 Å². The molecule has 0 bridgehead atoms. The van der Waals surface area contributed by atoms with Crippen molar-refractivity contribution < 1.29 is 4.79 Å². The van der Waals surface area contributed by atoms with E-state index in [9.17, 15) is 4.79 Å². The number of rotatable bonds is 1. The van der Waals surface area contributed by atoms with Crippen LogP contribution in [0.5, 0.6) is 0 Å². The molecule has 1 heterocycles. The monoisotopic (exact) mass is 266 g/mol. The number of aryl methyl sites for hydroxylation is 1. The topological polar surface area (TPSA) is 32.3 Å². The molecule has 0 atom stereocenters. The molecule has 1 aliphatic heterocycles. The summed E-state index contributed by atoms with van der Waals surface area (Å²) in [5.74, 6) is 0.0905. The lowest BCUT2D eigenvalue weighted by atomic mass is 10.0. The largest absolute Gasteiger partial charge is 0.311 e. The molecule has 1 aliphatic rings. The van der Waals surface area contributed by atoms with Crippen molar-refractivity contribution in [1.29, 1.82) is 0 Å². The Morgan fingerprint density at radius 1 is 1.10 bits per heavy atom. The first-order valence-corrected chi connectivity index (χ1v) is 6.93. The van der Waals surface area contributed by atoms with Crippen LogP contribution in [0.1, 0.15) is 21.5 Å². The molecule has 1 N–H and O–H groups in total. The SMILES string of the molecule is Cc1cccc(N2CCNCc3ccccc3C2=O)c1. The van der Waals surface area contributed by atoms with E-state index in [0.717, 1.165) is 29.9 Å². The van der Waals surface area contributed by atoms with Crippen molar-refractivity contribution in [1.82, 2.24) is 5.32 Å². The molecule has 3 rings (SSSR count). The van der Waals surface area contributed by atoms with E-state index in [-0.39, 0.29) is 5.91 Å². The van der Waals surface area contributed by atoms with E-state index < -0.39 is 0 Å². The summed E-state index contributed by atoms with van der Waals surface area (Å²) in [6.07, 6.45) is 0. The van der Waals surface area contributed by atoms with Gasteiger partial charge in [0, 0.05) is 30.9 Å². The van der Waals surface area contributed by atoms with E-state index in [1.54, 1.807) is 0 Å². The van der Waals surface area contributed by atoms with Crippen molar-refractivity contribution >= 4 is 11.6 Å². The molecule has 2 aromatic rings. The van der Waals surface area contributed by atoms with E-state index in [1.165, 1.54) is 5.56 Å². The van der Waals surface area contributed by atoms with Gasteiger partial charge in [-0.3, -0.25) is 4.79 Å². The van der Waals surface area contributed by atoms with Crippen LogP contribution in [0, 0.1) is 6.92 Å². The van der Waals surface area contributed by atoms with Crippen molar-refractivity contribution in [3.63, 3.8) is 0 Å². The van der Waals surface area contributed by atoms with Crippen LogP contribution in [0.25, 0.3) is 0 Å². The van der Waals surface area contributed by atoms with Crippen LogP contribution >= 0.6 is 0 Å². The Morgan fingerprint density at radius 2 is 1.95 bits per heavy atom. The van der Waals surface area contributed by atoms with Crippen LogP contribution in [0.2, 0.25) is 0 Å². The number of carbonyl (C=O) groups excluding carboxylic acids is 1. The fourth-order valence-corrected chi connectivity index (χ4v) is 2.59. The Hall–Kier alpha value is -2.13. The average molecular weight is 266 g/mol. The minimum Gasteiger partial charge on any atom is -0.311 e. The van der Waals surface area contributed by atoms with Crippen molar-refractivity contribution in [3.05, 3.63) is 65.2 Å². The molecule has 0 radical (unpaired) electrons. The van der Waals surface area contributed by atoms with Gasteiger partial charge in [0.15, 0.2) is 0 Å². The fraction of sp³-hybridized carbons (Fsp3) is 0.235. The van der Waals surface area contributed by atoms with Gasteiger partial charge in [0.25, 0.3) is 5.91 Å². The smallest absolute Gasteiger partial charge is 0.258 e. The highest BCUT2D eigenvalue weighted by molar-refractivity contribution is 6.07. The highest BCUT2D eigenvalue weighted by atomic mass is 16.2. The minimum atomic E-state index is 0.0905. The van der Waals surface area contributed by atoms with E-state index >= 15 is 0 Å². The highest BCUT2D eigenvalue weighted by Gasteiger charge is 2.21. The van der Waals surface area contributed by atoms with Crippen LogP contribution in [-0.4, -0.2) is 19.0 Å². The van der Waals surface area contributed by atoms with Crippen molar-refractivity contribution in [2.24, 2.45) is 0 Å². The summed E-state index contributed by atoms with van der Waals surface area (Å²) in [5, 5.41) is 3.38. The number of amides is 1. The van der Waals surface area contributed by atoms with Crippen LogP contribution in [0.3, 0.4) is 0 Å². The van der Waals surface area contributed by atoms with Gasteiger partial charge in [0.2, 0.25) is 0 Å². The van der Waals surface area contributed by atoms with Gasteiger partial charge in [-0.15, -0.1) is 0 Å². The van der Waals surface area contributed by atoms with Crippen molar-refractivity contribution in [2.45, 2.75) is 13.5 Å². The molecular formula is C17H18N2O. The number of hydrogen-bond donors (Lipinski definition) is 1. The molecule has 1 amide bonds. The summed E-state index contributed by atoms with van der Waals surface area (Å²) in [5.41, 5.74) is 3.99. The molecule has 0 aliphatic carbocycles. The summed E-state index contributed by atoms with van der Waals surface area (Å²) in [6.45, 7) is 4.29. The summed E-state index contributed by atoms with van der Waals surface area (Å²) in [7, 11) is 0. The van der Waals surface area contributed by atoms with E-state index in [1.807, 2.05) is 54.3 Å². The Bertz CT molecular complexity index is 636. The number of fused-ring (bicyclic) bond motifs is 1. The number of carbonyl (C=O) groups is 1. The number of nitrogens with one attached hydrogen (secondary N) is 1. The van der Waals surface area contributed by atoms with Gasteiger partial charge in [-0.2, -0.15) is 0 Å². The lowest BCUT2D eigenvalue weighted by molar-refractivity contribution is 0.0984. The summed E-state index contributed by atoms with van der Waals surface area (Å²) in [6, 6.07) is 15.9. The molecule has 102 valence electrons. The molecule has 3 nitrogen and oxygen atoms in total. The van der Waals surface area contributed by atoms with Crippen molar-refractivity contribution in [2.75, 3.05) is 18.0 Å². The number of benzene rings is 2. The average Bonchev–Trinajstić information content (AvgIpc) is 2.45. The third-order valence-electron chi connectivity index (χ3n) is 3.63. The van der Waals surface area contributed by atoms with Gasteiger partial charge in [-0.05, 0) is 36.2 Å². The quantitative estimate of drug-likeness (QED) is 0.860. The fourth-order valence-electron chi connectivity index (χ4n) is 2.59. The second-order valence-corrected chi connectivity index (χ2v) is 5.13. The molecule has 2 aromatic carbocycles. The predicted molar refractivity (Wildman–Crippen MR) is 81.0 cm³/mol. The molecular weight excluding hydrogens is 248 g/mol. The summed E-state index contributed by atoms with van der Waals surface area (Å²) >= 11 is 0. The maximum Gasteiger partial charge on any atom is 0.258 e. The number of anilines is 1. The third kappa shape index (κ3) is 2.45. The molecule has 0 fully saturated rings. The lowest BCUT2D eigenvalue weighted by Crippen LogP contribution is -2.40. The first-order valence-electron chi connectivity index (χ1n) is 6.93. The maximum absolute atomic E-state index is 12.8.